The van der Waals surface area contributed by atoms with Crippen LogP contribution in [0.1, 0.15) is 24.5 Å². The molecule has 5 atom stereocenters. The third-order valence-electron chi connectivity index (χ3n) is 5.24. The van der Waals surface area contributed by atoms with E-state index in [4.69, 9.17) is 11.2 Å². The van der Waals surface area contributed by atoms with Gasteiger partial charge in [-0.15, -0.1) is 6.42 Å². The van der Waals surface area contributed by atoms with Crippen LogP contribution >= 0.6 is 0 Å². The van der Waals surface area contributed by atoms with Crippen molar-refractivity contribution in [2.24, 2.45) is 0 Å². The van der Waals surface area contributed by atoms with Crippen LogP contribution in [0.4, 0.5) is 0 Å². The van der Waals surface area contributed by atoms with Crippen molar-refractivity contribution in [3.63, 3.8) is 0 Å². The highest BCUT2D eigenvalue weighted by Crippen LogP contribution is 2.27. The third kappa shape index (κ3) is 3.16. The van der Waals surface area contributed by atoms with Crippen LogP contribution in [0.15, 0.2) is 36.4 Å². The lowest BCUT2D eigenvalue weighted by Crippen LogP contribution is -2.56. The van der Waals surface area contributed by atoms with Crippen LogP contribution in [0.3, 0.4) is 0 Å². The second-order valence-electron chi connectivity index (χ2n) is 7.03. The zero-order valence-electron chi connectivity index (χ0n) is 15.4. The molecule has 0 radical (unpaired) electrons. The van der Waals surface area contributed by atoms with Crippen molar-refractivity contribution in [3.05, 3.63) is 47.5 Å². The topological polar surface area (TPSA) is 85.7 Å². The Kier molecular flexibility index (Phi) is 4.85. The van der Waals surface area contributed by atoms with Gasteiger partial charge in [0.15, 0.2) is 0 Å². The molecule has 5 heteroatoms. The molecule has 0 bridgehead atoms. The summed E-state index contributed by atoms with van der Waals surface area (Å²) in [6, 6.07) is 11.6. The van der Waals surface area contributed by atoms with Crippen LogP contribution in [-0.4, -0.2) is 50.8 Å². The lowest BCUT2D eigenvalue weighted by atomic mass is 9.94. The molecular formula is C23H21NO4. The molecule has 1 aliphatic rings. The molecule has 28 heavy (non-hydrogen) atoms. The Bertz CT molecular complexity index is 1130. The van der Waals surface area contributed by atoms with Crippen LogP contribution in [0.25, 0.3) is 21.8 Å². The lowest BCUT2D eigenvalue weighted by molar-refractivity contribution is -0.206. The number of aromatic amines is 1. The molecule has 5 nitrogen and oxygen atoms in total. The van der Waals surface area contributed by atoms with Crippen molar-refractivity contribution < 1.29 is 20.1 Å². The molecule has 0 aliphatic carbocycles. The van der Waals surface area contributed by atoms with E-state index < -0.39 is 30.5 Å². The molecule has 1 aromatic heterocycles. The zero-order chi connectivity index (χ0) is 19.8. The van der Waals surface area contributed by atoms with Crippen molar-refractivity contribution in [1.82, 2.24) is 4.98 Å². The molecule has 0 amide bonds. The molecule has 4 N–H and O–H groups in total. The fraction of sp³-hybridized carbons (Fsp3) is 0.304. The maximum absolute atomic E-state index is 10.2. The largest absolute Gasteiger partial charge is 0.388 e. The number of terminal acetylenes is 1. The number of fused-ring (bicyclic) bond motifs is 3. The normalized spacial score (nSPS) is 27.3. The van der Waals surface area contributed by atoms with Gasteiger partial charge in [0.05, 0.1) is 6.10 Å². The van der Waals surface area contributed by atoms with Gasteiger partial charge < -0.3 is 25.0 Å². The molecule has 2 aromatic carbocycles. The first-order chi connectivity index (χ1) is 13.5. The number of hydrogen-bond acceptors (Lipinski definition) is 4. The summed E-state index contributed by atoms with van der Waals surface area (Å²) in [4.78, 5) is 3.35. The van der Waals surface area contributed by atoms with E-state index in [9.17, 15) is 15.3 Å². The first-order valence-corrected chi connectivity index (χ1v) is 9.25. The Balaban J connectivity index is 1.69. The van der Waals surface area contributed by atoms with Crippen molar-refractivity contribution >= 4 is 21.8 Å². The molecule has 4 rings (SSSR count). The minimum atomic E-state index is -1.28. The molecule has 1 aliphatic heterocycles. The minimum absolute atomic E-state index is 0.516. The molecule has 142 valence electrons. The second-order valence-corrected chi connectivity index (χ2v) is 7.03. The highest BCUT2D eigenvalue weighted by atomic mass is 16.5. The van der Waals surface area contributed by atoms with Gasteiger partial charge in [-0.2, -0.15) is 0 Å². The zero-order valence-corrected chi connectivity index (χ0v) is 15.4. The Morgan fingerprint density at radius 1 is 0.964 bits per heavy atom. The third-order valence-corrected chi connectivity index (χ3v) is 5.24. The highest BCUT2D eigenvalue weighted by Gasteiger charge is 2.42. The van der Waals surface area contributed by atoms with Gasteiger partial charge in [0, 0.05) is 32.9 Å². The molecular weight excluding hydrogens is 354 g/mol. The summed E-state index contributed by atoms with van der Waals surface area (Å²) >= 11 is 0. The number of nitrogens with one attached hydrogen (secondary N) is 1. The number of rotatable bonds is 1. The summed E-state index contributed by atoms with van der Waals surface area (Å²) in [5.74, 6) is 8.56. The number of ether oxygens (including phenoxy) is 1. The predicted octanol–water partition coefficient (Wildman–Crippen LogP) is 1.91. The van der Waals surface area contributed by atoms with Crippen molar-refractivity contribution in [3.8, 4) is 24.2 Å². The summed E-state index contributed by atoms with van der Waals surface area (Å²) < 4.78 is 5.66. The molecule has 1 saturated heterocycles. The quantitative estimate of drug-likeness (QED) is 0.490. The number of H-pyrrole nitrogens is 1. The number of aromatic nitrogens is 1. The minimum Gasteiger partial charge on any atom is -0.388 e. The number of aliphatic hydroxyl groups excluding tert-OH is 3. The van der Waals surface area contributed by atoms with Gasteiger partial charge in [-0.1, -0.05) is 24.7 Å². The summed E-state index contributed by atoms with van der Waals surface area (Å²) in [6.45, 7) is 1.85. The number of aliphatic hydroxyl groups is 3. The van der Waals surface area contributed by atoms with E-state index in [0.29, 0.717) is 6.42 Å². The highest BCUT2D eigenvalue weighted by molar-refractivity contribution is 6.08. The second kappa shape index (κ2) is 7.31. The summed E-state index contributed by atoms with van der Waals surface area (Å²) in [5, 5.41) is 32.2. The molecule has 1 fully saturated rings. The summed E-state index contributed by atoms with van der Waals surface area (Å²) in [7, 11) is 0. The smallest absolute Gasteiger partial charge is 0.147 e. The Hall–Kier alpha value is -2.80. The van der Waals surface area contributed by atoms with E-state index in [1.54, 1.807) is 0 Å². The summed E-state index contributed by atoms with van der Waals surface area (Å²) in [6.07, 6.45) is 0.939. The van der Waals surface area contributed by atoms with Crippen molar-refractivity contribution in [1.29, 1.82) is 0 Å². The van der Waals surface area contributed by atoms with Gasteiger partial charge in [-0.05, 0) is 42.8 Å². The fourth-order valence-corrected chi connectivity index (χ4v) is 3.63. The van der Waals surface area contributed by atoms with E-state index in [-0.39, 0.29) is 0 Å². The molecule has 3 aromatic rings. The monoisotopic (exact) mass is 375 g/mol. The molecule has 4 unspecified atom stereocenters. The van der Waals surface area contributed by atoms with E-state index >= 15 is 0 Å². The van der Waals surface area contributed by atoms with Crippen molar-refractivity contribution in [2.75, 3.05) is 0 Å². The van der Waals surface area contributed by atoms with Gasteiger partial charge in [0.1, 0.15) is 24.4 Å². The van der Waals surface area contributed by atoms with Crippen LogP contribution in [-0.2, 0) is 4.74 Å². The average Bonchev–Trinajstić information content (AvgIpc) is 3.08. The SMILES string of the molecule is C#Cc1ccc2[nH]c3ccc(C#CC4OC(CC)[C@@H](O)C(O)C4O)cc3c2c1. The van der Waals surface area contributed by atoms with Gasteiger partial charge >= 0.3 is 0 Å². The van der Waals surface area contributed by atoms with Gasteiger partial charge in [-0.25, -0.2) is 0 Å². The van der Waals surface area contributed by atoms with E-state index in [0.717, 1.165) is 32.9 Å². The lowest BCUT2D eigenvalue weighted by Gasteiger charge is -2.38. The maximum Gasteiger partial charge on any atom is 0.147 e. The van der Waals surface area contributed by atoms with Crippen LogP contribution in [0.2, 0.25) is 0 Å². The predicted molar refractivity (Wildman–Crippen MR) is 108 cm³/mol. The van der Waals surface area contributed by atoms with Crippen molar-refractivity contribution in [2.45, 2.75) is 43.9 Å². The van der Waals surface area contributed by atoms with E-state index in [1.807, 2.05) is 43.3 Å². The van der Waals surface area contributed by atoms with Gasteiger partial charge in [-0.3, -0.25) is 0 Å². The molecule has 0 saturated carbocycles. The van der Waals surface area contributed by atoms with Gasteiger partial charge in [0.2, 0.25) is 0 Å². The summed E-state index contributed by atoms with van der Waals surface area (Å²) in [5.41, 5.74) is 3.53. The maximum atomic E-state index is 10.2. The Morgan fingerprint density at radius 2 is 1.61 bits per heavy atom. The standard InChI is InChI=1S/C23H21NO4/c1-3-13-5-8-17-15(11-13)16-12-14(6-9-18(16)24-17)7-10-20-22(26)23(27)21(25)19(4-2)28-20/h1,5-6,8-9,11-12,19-27H,4H2,2H3/t19?,20?,21-,22?,23?/m1/s1. The van der Waals surface area contributed by atoms with Gasteiger partial charge in [0.25, 0.3) is 0 Å². The fourth-order valence-electron chi connectivity index (χ4n) is 3.63. The van der Waals surface area contributed by atoms with Crippen LogP contribution in [0.5, 0.6) is 0 Å². The Morgan fingerprint density at radius 3 is 2.25 bits per heavy atom. The van der Waals surface area contributed by atoms with E-state index in [1.165, 1.54) is 0 Å². The Labute approximate surface area is 163 Å². The number of benzene rings is 2. The average molecular weight is 375 g/mol. The van der Waals surface area contributed by atoms with E-state index in [2.05, 4.69) is 22.7 Å². The van der Waals surface area contributed by atoms with Crippen LogP contribution in [0, 0.1) is 24.2 Å². The first-order valence-electron chi connectivity index (χ1n) is 9.25. The first kappa shape index (κ1) is 18.6. The molecule has 2 heterocycles. The molecule has 0 spiro atoms. The van der Waals surface area contributed by atoms with Crippen LogP contribution < -0.4 is 0 Å². The number of hydrogen-bond donors (Lipinski definition) is 4.